The van der Waals surface area contributed by atoms with E-state index in [-0.39, 0.29) is 6.54 Å². The molecule has 0 aliphatic rings. The second-order valence-corrected chi connectivity index (χ2v) is 2.44. The molecule has 0 aliphatic carbocycles. The van der Waals surface area contributed by atoms with Crippen LogP contribution >= 0.6 is 7.75 Å². The van der Waals surface area contributed by atoms with E-state index in [9.17, 15) is 4.57 Å². The van der Waals surface area contributed by atoms with E-state index in [1.54, 1.807) is 0 Å². The minimum Gasteiger partial charge on any atom is -0.312 e. The first-order valence-electron chi connectivity index (χ1n) is 1.92. The van der Waals surface area contributed by atoms with Gasteiger partial charge in [0.25, 0.3) is 0 Å². The summed E-state index contributed by atoms with van der Waals surface area (Å²) >= 11 is 0. The van der Waals surface area contributed by atoms with Gasteiger partial charge in [-0.1, -0.05) is 6.08 Å². The first-order chi connectivity index (χ1) is 3.56. The summed E-state index contributed by atoms with van der Waals surface area (Å²) in [7, 11) is -4.13. The third kappa shape index (κ3) is 5.85. The lowest BCUT2D eigenvalue weighted by Gasteiger charge is -1.97. The van der Waals surface area contributed by atoms with Gasteiger partial charge >= 0.3 is 7.75 Å². The van der Waals surface area contributed by atoms with Gasteiger partial charge in [-0.3, -0.25) is 0 Å². The Morgan fingerprint density at radius 3 is 2.38 bits per heavy atom. The Morgan fingerprint density at radius 1 is 1.75 bits per heavy atom. The van der Waals surface area contributed by atoms with Crippen LogP contribution in [0.15, 0.2) is 12.7 Å². The summed E-state index contributed by atoms with van der Waals surface area (Å²) in [5.41, 5.74) is 0. The molecule has 0 aromatic rings. The van der Waals surface area contributed by atoms with Crippen molar-refractivity contribution in [3.05, 3.63) is 12.7 Å². The van der Waals surface area contributed by atoms with Crippen molar-refractivity contribution in [3.63, 3.8) is 0 Å². The van der Waals surface area contributed by atoms with Gasteiger partial charge in [0.15, 0.2) is 0 Å². The highest BCUT2D eigenvalue weighted by molar-refractivity contribution is 7.49. The maximum Gasteiger partial charge on any atom is 0.417 e. The largest absolute Gasteiger partial charge is 0.417 e. The molecule has 0 aromatic heterocycles. The second kappa shape index (κ2) is 2.99. The van der Waals surface area contributed by atoms with E-state index in [0.29, 0.717) is 0 Å². The molecule has 4 nitrogen and oxygen atoms in total. The summed E-state index contributed by atoms with van der Waals surface area (Å²) in [5, 5.41) is 2.92. The van der Waals surface area contributed by atoms with Gasteiger partial charge in [0, 0.05) is 6.54 Å². The zero-order valence-corrected chi connectivity index (χ0v) is 5.08. The Hall–Kier alpha value is -0.150. The number of hydrogen-bond donors (Lipinski definition) is 2. The van der Waals surface area contributed by atoms with E-state index in [4.69, 9.17) is 9.79 Å². The normalized spacial score (nSPS) is 11.2. The van der Waals surface area contributed by atoms with Crippen LogP contribution in [0.2, 0.25) is 0 Å². The molecule has 47 valence electrons. The molecule has 0 saturated carbocycles. The molecule has 0 heterocycles. The van der Waals surface area contributed by atoms with E-state index < -0.39 is 7.75 Å². The van der Waals surface area contributed by atoms with Crippen LogP contribution in [0, 0.1) is 0 Å². The van der Waals surface area contributed by atoms with Gasteiger partial charge in [-0.05, 0) is 0 Å². The number of nitrogens with zero attached hydrogens (tertiary/aromatic N) is 1. The van der Waals surface area contributed by atoms with E-state index >= 15 is 0 Å². The Morgan fingerprint density at radius 2 is 2.25 bits per heavy atom. The third-order valence-corrected chi connectivity index (χ3v) is 0.927. The first kappa shape index (κ1) is 7.85. The molecule has 0 spiro atoms. The molecule has 0 aromatic carbocycles. The molecule has 5 heteroatoms. The Balaban J connectivity index is 3.40. The summed E-state index contributed by atoms with van der Waals surface area (Å²) < 4.78 is 9.87. The van der Waals surface area contributed by atoms with Gasteiger partial charge in [0.05, 0.1) is 0 Å². The van der Waals surface area contributed by atoms with Crippen molar-refractivity contribution in [2.75, 3.05) is 6.54 Å². The molecule has 0 amide bonds. The van der Waals surface area contributed by atoms with Gasteiger partial charge in [0.2, 0.25) is 0 Å². The van der Waals surface area contributed by atoms with Crippen LogP contribution in [0.1, 0.15) is 0 Å². The molecule has 0 rings (SSSR count). The molecular formula is C3H7NO3P. The van der Waals surface area contributed by atoms with Gasteiger partial charge in [-0.2, -0.15) is 0 Å². The quantitative estimate of drug-likeness (QED) is 0.419. The van der Waals surface area contributed by atoms with Crippen LogP contribution in [0.5, 0.6) is 0 Å². The zero-order valence-electron chi connectivity index (χ0n) is 4.19. The molecule has 2 N–H and O–H groups in total. The summed E-state index contributed by atoms with van der Waals surface area (Å²) in [6.45, 7) is 3.23. The van der Waals surface area contributed by atoms with E-state index in [1.165, 1.54) is 6.08 Å². The Kier molecular flexibility index (Phi) is 2.94. The molecule has 0 aliphatic heterocycles. The predicted molar refractivity (Wildman–Crippen MR) is 29.2 cm³/mol. The van der Waals surface area contributed by atoms with Crippen LogP contribution in [-0.2, 0) is 4.57 Å². The molecule has 0 saturated heterocycles. The number of rotatable bonds is 3. The maximum atomic E-state index is 9.87. The molecule has 0 unspecified atom stereocenters. The third-order valence-electron chi connectivity index (χ3n) is 0.395. The van der Waals surface area contributed by atoms with E-state index in [0.717, 1.165) is 0 Å². The summed E-state index contributed by atoms with van der Waals surface area (Å²) in [5.74, 6) is 0. The van der Waals surface area contributed by atoms with Crippen molar-refractivity contribution in [1.29, 1.82) is 0 Å². The molecular weight excluding hydrogens is 129 g/mol. The van der Waals surface area contributed by atoms with Crippen LogP contribution in [0.3, 0.4) is 0 Å². The second-order valence-electron chi connectivity index (χ2n) is 1.13. The van der Waals surface area contributed by atoms with Gasteiger partial charge in [0.1, 0.15) is 0 Å². The first-order valence-corrected chi connectivity index (χ1v) is 3.48. The van der Waals surface area contributed by atoms with Crippen molar-refractivity contribution in [1.82, 2.24) is 5.09 Å². The molecule has 0 fully saturated rings. The van der Waals surface area contributed by atoms with Crippen molar-refractivity contribution >= 4 is 7.75 Å². The lowest BCUT2D eigenvalue weighted by atomic mass is 10.7. The average Bonchev–Trinajstić information content (AvgIpc) is 1.59. The van der Waals surface area contributed by atoms with Gasteiger partial charge < -0.3 is 9.79 Å². The van der Waals surface area contributed by atoms with Crippen LogP contribution in [-0.4, -0.2) is 16.3 Å². The highest BCUT2D eigenvalue weighted by Crippen LogP contribution is 2.29. The van der Waals surface area contributed by atoms with Crippen LogP contribution in [0.25, 0.3) is 0 Å². The lowest BCUT2D eigenvalue weighted by Crippen LogP contribution is -1.99. The number of hydrogen-bond acceptors (Lipinski definition) is 1. The maximum absolute atomic E-state index is 9.87. The van der Waals surface area contributed by atoms with E-state index in [2.05, 4.69) is 11.7 Å². The monoisotopic (exact) mass is 136 g/mol. The van der Waals surface area contributed by atoms with Crippen LogP contribution in [0.4, 0.5) is 0 Å². The fourth-order valence-electron chi connectivity index (χ4n) is 0.164. The average molecular weight is 136 g/mol. The Labute approximate surface area is 47.4 Å². The van der Waals surface area contributed by atoms with Crippen molar-refractivity contribution < 1.29 is 14.4 Å². The van der Waals surface area contributed by atoms with Gasteiger partial charge in [-0.25, -0.2) is 4.57 Å². The smallest absolute Gasteiger partial charge is 0.312 e. The predicted octanol–water partition coefficient (Wildman–Crippen LogP) is -0.131. The van der Waals surface area contributed by atoms with Crippen LogP contribution < -0.4 is 5.09 Å². The molecule has 1 radical (unpaired) electrons. The molecule has 0 bridgehead atoms. The fourth-order valence-corrected chi connectivity index (χ4v) is 0.492. The highest BCUT2D eigenvalue weighted by atomic mass is 31.2. The molecule has 8 heavy (non-hydrogen) atoms. The summed E-state index contributed by atoms with van der Waals surface area (Å²) in [4.78, 5) is 16.1. The fraction of sp³-hybridized carbons (Fsp3) is 0.333. The zero-order chi connectivity index (χ0) is 6.62. The van der Waals surface area contributed by atoms with Crippen molar-refractivity contribution in [2.45, 2.75) is 0 Å². The SMILES string of the molecule is C=CC[N]P(=O)(O)O. The minimum atomic E-state index is -4.13. The topological polar surface area (TPSA) is 71.6 Å². The van der Waals surface area contributed by atoms with Crippen molar-refractivity contribution in [3.8, 4) is 0 Å². The minimum absolute atomic E-state index is 0.00424. The summed E-state index contributed by atoms with van der Waals surface area (Å²) in [6.07, 6.45) is 1.32. The van der Waals surface area contributed by atoms with Crippen molar-refractivity contribution in [2.24, 2.45) is 0 Å². The highest BCUT2D eigenvalue weighted by Gasteiger charge is 2.10. The van der Waals surface area contributed by atoms with E-state index in [1.807, 2.05) is 0 Å². The summed E-state index contributed by atoms with van der Waals surface area (Å²) in [6, 6.07) is 0. The Bertz CT molecular complexity index is 118. The lowest BCUT2D eigenvalue weighted by molar-refractivity contribution is 0.358. The van der Waals surface area contributed by atoms with Gasteiger partial charge in [-0.15, -0.1) is 11.7 Å². The standard InChI is InChI=1S/C3H7NO3P/c1-2-3-4-8(5,6)7/h2H,1,3H2,(H2,5,6,7). The molecule has 0 atom stereocenters.